The second-order valence-corrected chi connectivity index (χ2v) is 22.1. The van der Waals surface area contributed by atoms with E-state index in [2.05, 4.69) is 67.8 Å². The average Bonchev–Trinajstić information content (AvgIpc) is 3.39. The second kappa shape index (κ2) is 62.4. The lowest BCUT2D eigenvalue weighted by Gasteiger charge is -2.22. The molecule has 0 aliphatic rings. The molecular weight excluding hydrogens is 899 g/mol. The molecule has 0 aromatic carbocycles. The monoisotopic (exact) mass is 1020 g/mol. The molecule has 0 bridgehead atoms. The SMILES string of the molecule is CCC/C=C\C/C=C\CCCCCCCC(=O)OCCCCCCCCCCC/C=C\C/C=C\CCCCCCCCCCCC(=O)NC(CO)C(O)CCCCCCCCCCCCCCCCCCCC. The largest absolute Gasteiger partial charge is 0.466 e. The molecule has 3 N–H and O–H groups in total. The molecule has 0 aromatic rings. The molecule has 0 spiro atoms. The van der Waals surface area contributed by atoms with Gasteiger partial charge in [-0.25, -0.2) is 0 Å². The van der Waals surface area contributed by atoms with Gasteiger partial charge in [0.1, 0.15) is 0 Å². The molecule has 6 heteroatoms. The predicted octanol–water partition coefficient (Wildman–Crippen LogP) is 20.5. The zero-order valence-corrected chi connectivity index (χ0v) is 48.9. The molecule has 0 aromatic heterocycles. The number of ether oxygens (including phenoxy) is 1. The normalized spacial score (nSPS) is 12.9. The van der Waals surface area contributed by atoms with Gasteiger partial charge in [-0.05, 0) is 83.5 Å². The lowest BCUT2D eigenvalue weighted by molar-refractivity contribution is -0.143. The van der Waals surface area contributed by atoms with Gasteiger partial charge in [-0.2, -0.15) is 0 Å². The minimum Gasteiger partial charge on any atom is -0.466 e. The molecular formula is C67H125NO5. The van der Waals surface area contributed by atoms with Crippen LogP contribution in [-0.2, 0) is 14.3 Å². The number of nitrogens with one attached hydrogen (secondary N) is 1. The zero-order chi connectivity index (χ0) is 52.9. The molecule has 6 nitrogen and oxygen atoms in total. The van der Waals surface area contributed by atoms with E-state index in [-0.39, 0.29) is 18.5 Å². The Hall–Kier alpha value is -2.18. The first-order valence-corrected chi connectivity index (χ1v) is 32.4. The van der Waals surface area contributed by atoms with Crippen LogP contribution in [0.1, 0.15) is 341 Å². The number of carbonyl (C=O) groups excluding carboxylic acids is 2. The molecule has 0 aliphatic carbocycles. The lowest BCUT2D eigenvalue weighted by Crippen LogP contribution is -2.45. The minimum atomic E-state index is -0.670. The molecule has 1 amide bonds. The highest BCUT2D eigenvalue weighted by Crippen LogP contribution is 2.17. The molecule has 0 aliphatic heterocycles. The van der Waals surface area contributed by atoms with Crippen LogP contribution >= 0.6 is 0 Å². The molecule has 428 valence electrons. The van der Waals surface area contributed by atoms with E-state index in [1.165, 1.54) is 250 Å². The van der Waals surface area contributed by atoms with Gasteiger partial charge in [-0.3, -0.25) is 9.59 Å². The summed E-state index contributed by atoms with van der Waals surface area (Å²) < 4.78 is 5.46. The molecule has 0 fully saturated rings. The number of carbonyl (C=O) groups is 2. The number of aliphatic hydroxyl groups is 2. The molecule has 0 saturated heterocycles. The number of esters is 1. The van der Waals surface area contributed by atoms with Crippen LogP contribution in [0.15, 0.2) is 48.6 Å². The Bertz CT molecular complexity index is 1230. The van der Waals surface area contributed by atoms with E-state index in [0.717, 1.165) is 57.8 Å². The Labute approximate surface area is 455 Å². The third-order valence-corrected chi connectivity index (χ3v) is 14.8. The van der Waals surface area contributed by atoms with E-state index in [9.17, 15) is 19.8 Å². The maximum Gasteiger partial charge on any atom is 0.305 e. The van der Waals surface area contributed by atoms with Gasteiger partial charge in [0.05, 0.1) is 25.4 Å². The summed E-state index contributed by atoms with van der Waals surface area (Å²) in [5, 5.41) is 23.3. The molecule has 0 heterocycles. The van der Waals surface area contributed by atoms with Gasteiger partial charge in [0, 0.05) is 12.8 Å². The van der Waals surface area contributed by atoms with Crippen molar-refractivity contribution < 1.29 is 24.5 Å². The van der Waals surface area contributed by atoms with Gasteiger partial charge in [-0.1, -0.05) is 294 Å². The van der Waals surface area contributed by atoms with Crippen LogP contribution in [0, 0.1) is 0 Å². The third kappa shape index (κ3) is 58.9. The van der Waals surface area contributed by atoms with Crippen molar-refractivity contribution >= 4 is 11.9 Å². The minimum absolute atomic E-state index is 0.00649. The van der Waals surface area contributed by atoms with E-state index in [4.69, 9.17) is 4.74 Å². The van der Waals surface area contributed by atoms with Crippen LogP contribution in [0.25, 0.3) is 0 Å². The van der Waals surface area contributed by atoms with Crippen molar-refractivity contribution in [3.8, 4) is 0 Å². The van der Waals surface area contributed by atoms with Gasteiger partial charge >= 0.3 is 5.97 Å². The van der Waals surface area contributed by atoms with Crippen molar-refractivity contribution in [3.63, 3.8) is 0 Å². The highest BCUT2D eigenvalue weighted by Gasteiger charge is 2.20. The Morgan fingerprint density at radius 1 is 0.384 bits per heavy atom. The van der Waals surface area contributed by atoms with Crippen molar-refractivity contribution in [2.24, 2.45) is 0 Å². The molecule has 2 atom stereocenters. The second-order valence-electron chi connectivity index (χ2n) is 22.1. The van der Waals surface area contributed by atoms with Gasteiger partial charge in [0.2, 0.25) is 5.91 Å². The number of aliphatic hydroxyl groups excluding tert-OH is 2. The zero-order valence-electron chi connectivity index (χ0n) is 48.9. The standard InChI is InChI=1S/C67H125NO5/c1-3-5-7-9-11-13-15-17-18-19-29-32-36-39-43-47-51-55-59-65(70)64(63-69)68-66(71)60-56-52-48-44-40-37-33-30-27-25-23-21-20-22-24-26-28-31-34-38-42-46-50-54-58-62-73-67(72)61-57-53-49-45-41-35-16-14-12-10-8-6-4-2/h8,10,14,16,21-24,64-65,69-70H,3-7,9,11-13,15,17-20,25-63H2,1-2H3,(H,68,71)/b10-8-,16-14-,23-21-,24-22-. The first-order valence-electron chi connectivity index (χ1n) is 32.4. The van der Waals surface area contributed by atoms with Crippen LogP contribution < -0.4 is 5.32 Å². The Balaban J connectivity index is 3.45. The summed E-state index contributed by atoms with van der Waals surface area (Å²) >= 11 is 0. The van der Waals surface area contributed by atoms with Crippen molar-refractivity contribution in [2.45, 2.75) is 353 Å². The van der Waals surface area contributed by atoms with E-state index < -0.39 is 12.1 Å². The molecule has 0 rings (SSSR count). The van der Waals surface area contributed by atoms with Gasteiger partial charge in [-0.15, -0.1) is 0 Å². The molecule has 73 heavy (non-hydrogen) atoms. The Morgan fingerprint density at radius 2 is 0.712 bits per heavy atom. The summed E-state index contributed by atoms with van der Waals surface area (Å²) in [4.78, 5) is 24.5. The fourth-order valence-corrected chi connectivity index (χ4v) is 9.89. The maximum atomic E-state index is 12.5. The number of amides is 1. The Morgan fingerprint density at radius 3 is 1.10 bits per heavy atom. The van der Waals surface area contributed by atoms with E-state index in [1.807, 2.05) is 0 Å². The lowest BCUT2D eigenvalue weighted by atomic mass is 10.0. The smallest absolute Gasteiger partial charge is 0.305 e. The third-order valence-electron chi connectivity index (χ3n) is 14.8. The molecule has 2 unspecified atom stereocenters. The summed E-state index contributed by atoms with van der Waals surface area (Å²) in [5.74, 6) is -0.0456. The van der Waals surface area contributed by atoms with Crippen LogP contribution in [0.4, 0.5) is 0 Å². The fraction of sp³-hybridized carbons (Fsp3) is 0.851. The summed E-state index contributed by atoms with van der Waals surface area (Å²) in [7, 11) is 0. The van der Waals surface area contributed by atoms with Gasteiger partial charge in [0.15, 0.2) is 0 Å². The maximum absolute atomic E-state index is 12.5. The quantitative estimate of drug-likeness (QED) is 0.0320. The van der Waals surface area contributed by atoms with E-state index in [1.54, 1.807) is 0 Å². The molecule has 0 radical (unpaired) electrons. The van der Waals surface area contributed by atoms with Crippen molar-refractivity contribution in [2.75, 3.05) is 13.2 Å². The van der Waals surface area contributed by atoms with Crippen LogP contribution in [0.2, 0.25) is 0 Å². The number of hydrogen-bond donors (Lipinski definition) is 3. The summed E-state index contributed by atoms with van der Waals surface area (Å²) in [6, 6.07) is -0.547. The van der Waals surface area contributed by atoms with Crippen LogP contribution in [0.3, 0.4) is 0 Å². The van der Waals surface area contributed by atoms with Crippen molar-refractivity contribution in [3.05, 3.63) is 48.6 Å². The number of unbranched alkanes of at least 4 members (excludes halogenated alkanes) is 41. The summed E-state index contributed by atoms with van der Waals surface area (Å²) in [6.07, 6.45) is 79.9. The first kappa shape index (κ1) is 70.8. The van der Waals surface area contributed by atoms with Crippen LogP contribution in [-0.4, -0.2) is 47.4 Å². The fourth-order valence-electron chi connectivity index (χ4n) is 9.89. The van der Waals surface area contributed by atoms with Gasteiger partial charge in [0.25, 0.3) is 0 Å². The van der Waals surface area contributed by atoms with Gasteiger partial charge < -0.3 is 20.3 Å². The number of allylic oxidation sites excluding steroid dienone is 8. The summed E-state index contributed by atoms with van der Waals surface area (Å²) in [6.45, 7) is 4.89. The summed E-state index contributed by atoms with van der Waals surface area (Å²) in [5.41, 5.74) is 0. The highest BCUT2D eigenvalue weighted by atomic mass is 16.5. The number of rotatable bonds is 60. The van der Waals surface area contributed by atoms with Crippen molar-refractivity contribution in [1.82, 2.24) is 5.32 Å². The first-order chi connectivity index (χ1) is 36.0. The van der Waals surface area contributed by atoms with Crippen LogP contribution in [0.5, 0.6) is 0 Å². The average molecular weight is 1020 g/mol. The van der Waals surface area contributed by atoms with Crippen molar-refractivity contribution in [1.29, 1.82) is 0 Å². The Kier molecular flexibility index (Phi) is 60.5. The molecule has 0 saturated carbocycles. The highest BCUT2D eigenvalue weighted by molar-refractivity contribution is 5.76. The predicted molar refractivity (Wildman–Crippen MR) is 319 cm³/mol. The number of hydrogen-bond acceptors (Lipinski definition) is 5. The van der Waals surface area contributed by atoms with E-state index in [0.29, 0.717) is 25.9 Å². The van der Waals surface area contributed by atoms with E-state index >= 15 is 0 Å². The topological polar surface area (TPSA) is 95.9 Å².